The summed E-state index contributed by atoms with van der Waals surface area (Å²) in [6.07, 6.45) is -5.33. The maximum atomic E-state index is 12.4. The molecule has 2 unspecified atom stereocenters. The molecule has 1 aliphatic heterocycles. The highest BCUT2D eigenvalue weighted by atomic mass is 19.4. The van der Waals surface area contributed by atoms with Crippen LogP contribution in [0, 0.1) is 0 Å². The molecule has 5 nitrogen and oxygen atoms in total. The number of hydrogen-bond acceptors (Lipinski definition) is 4. The summed E-state index contributed by atoms with van der Waals surface area (Å²) in [5, 5.41) is 2.60. The summed E-state index contributed by atoms with van der Waals surface area (Å²) in [6, 6.07) is -0.434. The van der Waals surface area contributed by atoms with Crippen LogP contribution in [0.5, 0.6) is 0 Å². The van der Waals surface area contributed by atoms with Gasteiger partial charge in [-0.15, -0.1) is 0 Å². The molecule has 1 N–H and O–H groups in total. The van der Waals surface area contributed by atoms with Crippen LogP contribution in [-0.2, 0) is 9.47 Å². The molecule has 0 aliphatic carbocycles. The van der Waals surface area contributed by atoms with Crippen molar-refractivity contribution in [1.29, 1.82) is 0 Å². The minimum Gasteiger partial charge on any atom is -0.444 e. The van der Waals surface area contributed by atoms with Crippen LogP contribution in [0.4, 0.5) is 18.0 Å². The van der Waals surface area contributed by atoms with Crippen LogP contribution in [0.3, 0.4) is 0 Å². The third-order valence-electron chi connectivity index (χ3n) is 2.88. The number of alkyl carbamates (subject to hydrolysis) is 1. The fourth-order valence-corrected chi connectivity index (χ4v) is 2.02. The lowest BCUT2D eigenvalue weighted by Crippen LogP contribution is -2.54. The van der Waals surface area contributed by atoms with Crippen LogP contribution in [0.15, 0.2) is 0 Å². The smallest absolute Gasteiger partial charge is 0.407 e. The molecule has 1 saturated heterocycles. The average Bonchev–Trinajstić information content (AvgIpc) is 2.23. The summed E-state index contributed by atoms with van der Waals surface area (Å²) in [4.78, 5) is 12.9. The molecule has 1 amide bonds. The monoisotopic (exact) mass is 312 g/mol. The number of carbonyl (C=O) groups excluding carboxylic acids is 1. The first-order chi connectivity index (χ1) is 9.46. The number of alkyl halides is 3. The number of morpholine rings is 1. The van der Waals surface area contributed by atoms with Gasteiger partial charge >= 0.3 is 12.3 Å². The lowest BCUT2D eigenvalue weighted by atomic mass is 10.1. The van der Waals surface area contributed by atoms with Crippen LogP contribution in [-0.4, -0.2) is 61.2 Å². The third-order valence-corrected chi connectivity index (χ3v) is 2.88. The highest BCUT2D eigenvalue weighted by Gasteiger charge is 2.35. The van der Waals surface area contributed by atoms with Gasteiger partial charge in [0.1, 0.15) is 5.60 Å². The summed E-state index contributed by atoms with van der Waals surface area (Å²) in [5.41, 5.74) is -0.625. The van der Waals surface area contributed by atoms with Crippen molar-refractivity contribution in [3.63, 3.8) is 0 Å². The van der Waals surface area contributed by atoms with Gasteiger partial charge in [-0.2, -0.15) is 13.2 Å². The molecule has 21 heavy (non-hydrogen) atoms. The van der Waals surface area contributed by atoms with E-state index in [-0.39, 0.29) is 19.7 Å². The quantitative estimate of drug-likeness (QED) is 0.868. The molecule has 0 spiro atoms. The summed E-state index contributed by atoms with van der Waals surface area (Å²) in [5.74, 6) is 0. The molecule has 0 radical (unpaired) electrons. The maximum absolute atomic E-state index is 12.4. The predicted octanol–water partition coefficient (Wildman–Crippen LogP) is 2.16. The first-order valence-electron chi connectivity index (χ1n) is 6.86. The van der Waals surface area contributed by atoms with Crippen LogP contribution in [0.25, 0.3) is 0 Å². The summed E-state index contributed by atoms with van der Waals surface area (Å²) >= 11 is 0. The Morgan fingerprint density at radius 3 is 2.57 bits per heavy atom. The molecule has 1 heterocycles. The van der Waals surface area contributed by atoms with Crippen molar-refractivity contribution in [2.24, 2.45) is 0 Å². The molecule has 124 valence electrons. The number of amides is 1. The molecule has 0 aromatic rings. The Balaban J connectivity index is 2.46. The lowest BCUT2D eigenvalue weighted by Gasteiger charge is -2.36. The van der Waals surface area contributed by atoms with Gasteiger partial charge in [0.25, 0.3) is 0 Å². The minimum atomic E-state index is -4.23. The average molecular weight is 312 g/mol. The van der Waals surface area contributed by atoms with E-state index in [9.17, 15) is 18.0 Å². The minimum absolute atomic E-state index is 0.122. The van der Waals surface area contributed by atoms with Gasteiger partial charge in [-0.3, -0.25) is 4.90 Å². The summed E-state index contributed by atoms with van der Waals surface area (Å²) < 4.78 is 47.7. The molecule has 8 heteroatoms. The van der Waals surface area contributed by atoms with E-state index in [2.05, 4.69) is 5.32 Å². The SMILES string of the molecule is CC(NC(=O)OC(C)(C)C)C1CN(CC(F)(F)F)CCO1. The van der Waals surface area contributed by atoms with E-state index in [1.807, 2.05) is 0 Å². The molecule has 0 bridgehead atoms. The van der Waals surface area contributed by atoms with E-state index >= 15 is 0 Å². The Bertz CT molecular complexity index is 356. The second-order valence-corrected chi connectivity index (χ2v) is 6.19. The van der Waals surface area contributed by atoms with E-state index in [1.165, 1.54) is 4.90 Å². The first-order valence-corrected chi connectivity index (χ1v) is 6.86. The molecule has 0 aromatic carbocycles. The number of carbonyl (C=O) groups is 1. The fourth-order valence-electron chi connectivity index (χ4n) is 2.02. The van der Waals surface area contributed by atoms with Crippen LogP contribution in [0.2, 0.25) is 0 Å². The van der Waals surface area contributed by atoms with Gasteiger partial charge in [-0.25, -0.2) is 4.79 Å². The molecule has 0 aromatic heterocycles. The third kappa shape index (κ3) is 7.52. The Morgan fingerprint density at radius 1 is 1.43 bits per heavy atom. The standard InChI is InChI=1S/C13H23F3N2O3/c1-9(17-11(19)21-12(2,3)4)10-7-18(5-6-20-10)8-13(14,15)16/h9-10H,5-8H2,1-4H3,(H,17,19). The largest absolute Gasteiger partial charge is 0.444 e. The van der Waals surface area contributed by atoms with Gasteiger partial charge in [-0.05, 0) is 27.7 Å². The number of hydrogen-bond donors (Lipinski definition) is 1. The molecule has 1 rings (SSSR count). The van der Waals surface area contributed by atoms with Crippen molar-refractivity contribution in [2.75, 3.05) is 26.2 Å². The van der Waals surface area contributed by atoms with Crippen LogP contribution in [0.1, 0.15) is 27.7 Å². The van der Waals surface area contributed by atoms with E-state index in [0.29, 0.717) is 0 Å². The first kappa shape index (κ1) is 18.0. The Hall–Kier alpha value is -1.02. The fraction of sp³-hybridized carbons (Fsp3) is 0.923. The van der Waals surface area contributed by atoms with Crippen molar-refractivity contribution in [2.45, 2.75) is 51.6 Å². The normalized spacial score (nSPS) is 22.7. The van der Waals surface area contributed by atoms with Crippen molar-refractivity contribution < 1.29 is 27.4 Å². The number of halogens is 3. The number of nitrogens with one attached hydrogen (secondary N) is 1. The van der Waals surface area contributed by atoms with Crippen molar-refractivity contribution in [3.8, 4) is 0 Å². The highest BCUT2D eigenvalue weighted by Crippen LogP contribution is 2.19. The van der Waals surface area contributed by atoms with E-state index < -0.39 is 36.6 Å². The van der Waals surface area contributed by atoms with Gasteiger partial charge in [0.2, 0.25) is 0 Å². The summed E-state index contributed by atoms with van der Waals surface area (Å²) in [6.45, 7) is 6.49. The molecule has 1 aliphatic rings. The summed E-state index contributed by atoms with van der Waals surface area (Å²) in [7, 11) is 0. The van der Waals surface area contributed by atoms with Gasteiger partial charge < -0.3 is 14.8 Å². The van der Waals surface area contributed by atoms with Gasteiger partial charge in [0.15, 0.2) is 0 Å². The van der Waals surface area contributed by atoms with Crippen LogP contribution >= 0.6 is 0 Å². The molecular weight excluding hydrogens is 289 g/mol. The Kier molecular flexibility index (Phi) is 5.86. The van der Waals surface area contributed by atoms with Crippen LogP contribution < -0.4 is 5.32 Å². The molecule has 0 saturated carbocycles. The Morgan fingerprint density at radius 2 is 2.05 bits per heavy atom. The highest BCUT2D eigenvalue weighted by molar-refractivity contribution is 5.68. The van der Waals surface area contributed by atoms with Crippen molar-refractivity contribution >= 4 is 6.09 Å². The van der Waals surface area contributed by atoms with Gasteiger partial charge in [0.05, 0.1) is 25.3 Å². The van der Waals surface area contributed by atoms with E-state index in [1.54, 1.807) is 27.7 Å². The molecular formula is C13H23F3N2O3. The van der Waals surface area contributed by atoms with Crippen molar-refractivity contribution in [1.82, 2.24) is 10.2 Å². The van der Waals surface area contributed by atoms with E-state index in [4.69, 9.17) is 9.47 Å². The van der Waals surface area contributed by atoms with Crippen molar-refractivity contribution in [3.05, 3.63) is 0 Å². The second kappa shape index (κ2) is 6.83. The van der Waals surface area contributed by atoms with Gasteiger partial charge in [-0.1, -0.05) is 0 Å². The predicted molar refractivity (Wildman–Crippen MR) is 71.1 cm³/mol. The maximum Gasteiger partial charge on any atom is 0.407 e. The number of ether oxygens (including phenoxy) is 2. The lowest BCUT2D eigenvalue weighted by molar-refractivity contribution is -0.160. The molecule has 1 fully saturated rings. The zero-order valence-corrected chi connectivity index (χ0v) is 12.8. The number of nitrogens with zero attached hydrogens (tertiary/aromatic N) is 1. The van der Waals surface area contributed by atoms with E-state index in [0.717, 1.165) is 0 Å². The topological polar surface area (TPSA) is 50.8 Å². The Labute approximate surface area is 122 Å². The van der Waals surface area contributed by atoms with Gasteiger partial charge in [0, 0.05) is 13.1 Å². The second-order valence-electron chi connectivity index (χ2n) is 6.19. The zero-order chi connectivity index (χ0) is 16.3. The molecule has 2 atom stereocenters. The zero-order valence-electron chi connectivity index (χ0n) is 12.8. The number of rotatable bonds is 3.